The Hall–Kier alpha value is -1.79. The second kappa shape index (κ2) is 6.26. The third-order valence-corrected chi connectivity index (χ3v) is 3.85. The lowest BCUT2D eigenvalue weighted by atomic mass is 9.93. The van der Waals surface area contributed by atoms with E-state index in [4.69, 9.17) is 10.6 Å². The van der Waals surface area contributed by atoms with E-state index in [9.17, 15) is 30.0 Å². The van der Waals surface area contributed by atoms with Crippen LogP contribution in [-0.2, 0) is 10.2 Å². The Morgan fingerprint density at radius 3 is 2.25 bits per heavy atom. The average molecular weight is 346 g/mol. The molecule has 1 aliphatic heterocycles. The van der Waals surface area contributed by atoms with Gasteiger partial charge in [0.05, 0.1) is 6.61 Å². The van der Waals surface area contributed by atoms with Crippen LogP contribution in [0.5, 0.6) is 0 Å². The first-order valence-corrected chi connectivity index (χ1v) is 7.32. The minimum absolute atomic E-state index is 0.0541. The molecule has 6 N–H and O–H groups in total. The molecule has 0 spiro atoms. The van der Waals surface area contributed by atoms with Gasteiger partial charge in [0, 0.05) is 5.41 Å². The predicted molar refractivity (Wildman–Crippen MR) is 80.6 cm³/mol. The summed E-state index contributed by atoms with van der Waals surface area (Å²) in [5.41, 5.74) is -2.69. The summed E-state index contributed by atoms with van der Waals surface area (Å²) in [5.74, 6) is 5.49. The van der Waals surface area contributed by atoms with E-state index >= 15 is 0 Å². The summed E-state index contributed by atoms with van der Waals surface area (Å²) in [6, 6.07) is 0. The summed E-state index contributed by atoms with van der Waals surface area (Å²) in [5, 5.41) is 42.9. The van der Waals surface area contributed by atoms with Crippen molar-refractivity contribution in [3.05, 3.63) is 26.5 Å². The van der Waals surface area contributed by atoms with Crippen LogP contribution < -0.4 is 17.1 Å². The van der Waals surface area contributed by atoms with E-state index in [0.29, 0.717) is 9.36 Å². The molecule has 0 aromatic carbocycles. The first-order chi connectivity index (χ1) is 11.0. The number of nitrogens with zero attached hydrogens (tertiary/aromatic N) is 3. The number of nitrogens with two attached hydrogens (primary N) is 1. The molecule has 1 aromatic rings. The van der Waals surface area contributed by atoms with Crippen LogP contribution in [-0.4, -0.2) is 65.9 Å². The Kier molecular flexibility index (Phi) is 4.84. The van der Waals surface area contributed by atoms with E-state index in [1.165, 1.54) is 0 Å². The van der Waals surface area contributed by atoms with Gasteiger partial charge in [-0.25, -0.2) is 4.79 Å². The molecule has 2 heterocycles. The van der Waals surface area contributed by atoms with Crippen LogP contribution in [0.2, 0.25) is 0 Å². The van der Waals surface area contributed by atoms with E-state index in [2.05, 4.69) is 5.10 Å². The van der Waals surface area contributed by atoms with Crippen LogP contribution in [0.4, 0.5) is 0 Å². The largest absolute Gasteiger partial charge is 0.394 e. The Balaban J connectivity index is 2.61. The van der Waals surface area contributed by atoms with Gasteiger partial charge < -0.3 is 31.0 Å². The second-order valence-electron chi connectivity index (χ2n) is 6.72. The molecular formula is C13H22N4O7. The van der Waals surface area contributed by atoms with Crippen molar-refractivity contribution < 1.29 is 25.2 Å². The Morgan fingerprint density at radius 2 is 1.75 bits per heavy atom. The fraction of sp³-hybridized carbons (Fsp3) is 0.769. The zero-order chi connectivity index (χ0) is 18.4. The first-order valence-electron chi connectivity index (χ1n) is 7.32. The normalized spacial score (nSPS) is 31.2. The van der Waals surface area contributed by atoms with E-state index in [0.717, 1.165) is 0 Å². The monoisotopic (exact) mass is 346 g/mol. The summed E-state index contributed by atoms with van der Waals surface area (Å²) in [6.07, 6.45) is -7.75. The fourth-order valence-corrected chi connectivity index (χ4v) is 2.43. The van der Waals surface area contributed by atoms with E-state index in [1.54, 1.807) is 20.8 Å². The average Bonchev–Trinajstić information content (AvgIpc) is 2.50. The minimum Gasteiger partial charge on any atom is -0.394 e. The SMILES string of the molecule is CC(C)(C)c1nn([C@@H]2O[C@H](CO)[C@@H](O)[C@H](O)[C@H]2O)c(=O)n(N)c1=O. The van der Waals surface area contributed by atoms with Crippen molar-refractivity contribution in [1.29, 1.82) is 0 Å². The van der Waals surface area contributed by atoms with Gasteiger partial charge in [-0.1, -0.05) is 20.8 Å². The standard InChI is InChI=1S/C13H22N4O7/c1-13(2,3)9-10(22)16(14)12(23)17(15-9)11-8(21)7(20)6(19)5(4-18)24-11/h5-8,11,18-21H,4,14H2,1-3H3/t5-,6-,7+,8-,11-/m1/s1. The fourth-order valence-electron chi connectivity index (χ4n) is 2.43. The van der Waals surface area contributed by atoms with Gasteiger partial charge in [0.2, 0.25) is 0 Å². The van der Waals surface area contributed by atoms with Crippen LogP contribution in [0.15, 0.2) is 9.59 Å². The smallest absolute Gasteiger partial charge is 0.368 e. The van der Waals surface area contributed by atoms with Crippen molar-refractivity contribution in [2.45, 2.75) is 56.8 Å². The number of aliphatic hydroxyl groups is 4. The molecule has 2 rings (SSSR count). The highest BCUT2D eigenvalue weighted by Crippen LogP contribution is 2.27. The van der Waals surface area contributed by atoms with Crippen LogP contribution in [0, 0.1) is 0 Å². The Labute approximate surface area is 136 Å². The molecule has 5 atom stereocenters. The molecule has 0 unspecified atom stereocenters. The molecule has 11 heteroatoms. The molecule has 1 saturated heterocycles. The molecular weight excluding hydrogens is 324 g/mol. The molecule has 1 aliphatic rings. The van der Waals surface area contributed by atoms with Crippen molar-refractivity contribution in [2.75, 3.05) is 12.4 Å². The molecule has 0 aliphatic carbocycles. The molecule has 0 amide bonds. The Bertz CT molecular complexity index is 721. The highest BCUT2D eigenvalue weighted by Gasteiger charge is 2.45. The maximum absolute atomic E-state index is 12.2. The van der Waals surface area contributed by atoms with Crippen LogP contribution >= 0.6 is 0 Å². The number of hydrogen-bond donors (Lipinski definition) is 5. The van der Waals surface area contributed by atoms with Gasteiger partial charge in [-0.2, -0.15) is 14.5 Å². The molecule has 1 aromatic heterocycles. The number of rotatable bonds is 2. The van der Waals surface area contributed by atoms with Crippen molar-refractivity contribution in [1.82, 2.24) is 14.5 Å². The summed E-state index contributed by atoms with van der Waals surface area (Å²) in [7, 11) is 0. The molecule has 1 fully saturated rings. The van der Waals surface area contributed by atoms with Gasteiger partial charge in [-0.3, -0.25) is 4.79 Å². The first kappa shape index (κ1) is 18.5. The lowest BCUT2D eigenvalue weighted by molar-refractivity contribution is -0.255. The molecule has 11 nitrogen and oxygen atoms in total. The van der Waals surface area contributed by atoms with Crippen LogP contribution in [0.1, 0.15) is 32.7 Å². The number of aliphatic hydroxyl groups excluding tert-OH is 4. The van der Waals surface area contributed by atoms with Crippen molar-refractivity contribution >= 4 is 0 Å². The quantitative estimate of drug-likeness (QED) is 0.339. The molecule has 24 heavy (non-hydrogen) atoms. The number of ether oxygens (including phenoxy) is 1. The third kappa shape index (κ3) is 2.96. The summed E-state index contributed by atoms with van der Waals surface area (Å²) in [4.78, 5) is 24.4. The molecule has 0 saturated carbocycles. The van der Waals surface area contributed by atoms with Crippen molar-refractivity contribution in [3.63, 3.8) is 0 Å². The zero-order valence-electron chi connectivity index (χ0n) is 13.5. The molecule has 136 valence electrons. The highest BCUT2D eigenvalue weighted by molar-refractivity contribution is 5.08. The van der Waals surface area contributed by atoms with Crippen molar-refractivity contribution in [3.8, 4) is 0 Å². The lowest BCUT2D eigenvalue weighted by Crippen LogP contribution is -2.60. The summed E-state index contributed by atoms with van der Waals surface area (Å²) >= 11 is 0. The highest BCUT2D eigenvalue weighted by atomic mass is 16.6. The van der Waals surface area contributed by atoms with E-state index < -0.39 is 53.9 Å². The van der Waals surface area contributed by atoms with Gasteiger partial charge in [0.1, 0.15) is 30.1 Å². The van der Waals surface area contributed by atoms with Gasteiger partial charge in [-0.05, 0) is 0 Å². The zero-order valence-corrected chi connectivity index (χ0v) is 13.5. The van der Waals surface area contributed by atoms with Crippen LogP contribution in [0.3, 0.4) is 0 Å². The summed E-state index contributed by atoms with van der Waals surface area (Å²) in [6.45, 7) is 4.38. The number of hydrogen-bond acceptors (Lipinski definition) is 9. The van der Waals surface area contributed by atoms with Gasteiger partial charge >= 0.3 is 5.69 Å². The topological polar surface area (TPSA) is 173 Å². The van der Waals surface area contributed by atoms with Crippen LogP contribution in [0.25, 0.3) is 0 Å². The van der Waals surface area contributed by atoms with Gasteiger partial charge in [0.15, 0.2) is 6.23 Å². The number of aromatic nitrogens is 3. The van der Waals surface area contributed by atoms with E-state index in [-0.39, 0.29) is 5.69 Å². The molecule has 0 bridgehead atoms. The van der Waals surface area contributed by atoms with Crippen molar-refractivity contribution in [2.24, 2.45) is 0 Å². The third-order valence-electron chi connectivity index (χ3n) is 3.85. The molecule has 0 radical (unpaired) electrons. The number of nitrogen functional groups attached to an aromatic ring is 1. The minimum atomic E-state index is -1.72. The van der Waals surface area contributed by atoms with Gasteiger partial charge in [-0.15, -0.1) is 0 Å². The summed E-state index contributed by atoms with van der Waals surface area (Å²) < 4.78 is 6.24. The van der Waals surface area contributed by atoms with E-state index in [1.807, 2.05) is 0 Å². The lowest BCUT2D eigenvalue weighted by Gasteiger charge is -2.40. The Morgan fingerprint density at radius 1 is 1.17 bits per heavy atom. The second-order valence-corrected chi connectivity index (χ2v) is 6.72. The van der Waals surface area contributed by atoms with Gasteiger partial charge in [0.25, 0.3) is 5.56 Å². The maximum atomic E-state index is 12.2. The maximum Gasteiger partial charge on any atom is 0.368 e. The predicted octanol–water partition coefficient (Wildman–Crippen LogP) is -3.61.